The summed E-state index contributed by atoms with van der Waals surface area (Å²) in [5.74, 6) is 0. The fourth-order valence-electron chi connectivity index (χ4n) is 1.96. The molecule has 15 heavy (non-hydrogen) atoms. The number of urea groups is 1. The van der Waals surface area contributed by atoms with Crippen LogP contribution in [-0.4, -0.2) is 42.0 Å². The number of nitrogens with zero attached hydrogens (tertiary/aromatic N) is 2. The van der Waals surface area contributed by atoms with E-state index in [9.17, 15) is 4.79 Å². The maximum Gasteiger partial charge on any atom is 0.320 e. The molecule has 3 heteroatoms. The van der Waals surface area contributed by atoms with Gasteiger partial charge in [-0.25, -0.2) is 4.79 Å². The van der Waals surface area contributed by atoms with Crippen LogP contribution in [0.15, 0.2) is 12.7 Å². The molecule has 1 fully saturated rings. The van der Waals surface area contributed by atoms with Crippen LogP contribution < -0.4 is 0 Å². The highest BCUT2D eigenvalue weighted by Gasteiger charge is 2.19. The number of hydrogen-bond donors (Lipinski definition) is 0. The maximum absolute atomic E-state index is 12.1. The molecule has 0 aromatic carbocycles. The molecule has 1 heterocycles. The minimum absolute atomic E-state index is 0.180. The Balaban J connectivity index is 2.51. The minimum Gasteiger partial charge on any atom is -0.325 e. The molecule has 0 atom stereocenters. The van der Waals surface area contributed by atoms with Crippen LogP contribution in [0, 0.1) is 0 Å². The average molecular weight is 210 g/mol. The van der Waals surface area contributed by atoms with Gasteiger partial charge in [-0.05, 0) is 19.8 Å². The second-order valence-electron chi connectivity index (χ2n) is 4.01. The molecule has 0 aliphatic carbocycles. The highest BCUT2D eigenvalue weighted by Crippen LogP contribution is 2.11. The number of hydrogen-bond acceptors (Lipinski definition) is 1. The van der Waals surface area contributed by atoms with Gasteiger partial charge in [0, 0.05) is 26.2 Å². The smallest absolute Gasteiger partial charge is 0.320 e. The van der Waals surface area contributed by atoms with E-state index in [4.69, 9.17) is 0 Å². The normalized spacial score (nSPS) is 17.0. The van der Waals surface area contributed by atoms with Gasteiger partial charge in [0.15, 0.2) is 0 Å². The van der Waals surface area contributed by atoms with Gasteiger partial charge >= 0.3 is 6.03 Å². The molecular weight excluding hydrogens is 188 g/mol. The Hall–Kier alpha value is -0.990. The standard InChI is InChI=1S/C12H22N2O/c1-3-9-13(4-2)12(15)14-10-7-5-6-8-11-14/h3H,1,4-11H2,2H3. The molecule has 0 radical (unpaired) electrons. The molecule has 1 aliphatic heterocycles. The van der Waals surface area contributed by atoms with Crippen molar-refractivity contribution in [2.75, 3.05) is 26.2 Å². The first-order valence-corrected chi connectivity index (χ1v) is 5.94. The number of amides is 2. The average Bonchev–Trinajstić information content (AvgIpc) is 2.53. The van der Waals surface area contributed by atoms with Crippen molar-refractivity contribution in [3.05, 3.63) is 12.7 Å². The van der Waals surface area contributed by atoms with Gasteiger partial charge in [0.05, 0.1) is 0 Å². The van der Waals surface area contributed by atoms with Crippen molar-refractivity contribution < 1.29 is 4.79 Å². The monoisotopic (exact) mass is 210 g/mol. The quantitative estimate of drug-likeness (QED) is 0.656. The first-order chi connectivity index (χ1) is 7.29. The Bertz CT molecular complexity index is 208. The Morgan fingerprint density at radius 2 is 1.93 bits per heavy atom. The largest absolute Gasteiger partial charge is 0.325 e. The van der Waals surface area contributed by atoms with Crippen LogP contribution in [0.25, 0.3) is 0 Å². The molecule has 0 aromatic rings. The van der Waals surface area contributed by atoms with E-state index in [1.54, 1.807) is 6.08 Å². The zero-order chi connectivity index (χ0) is 11.1. The summed E-state index contributed by atoms with van der Waals surface area (Å²) in [6.07, 6.45) is 6.61. The van der Waals surface area contributed by atoms with Gasteiger partial charge in [0.25, 0.3) is 0 Å². The lowest BCUT2D eigenvalue weighted by molar-refractivity contribution is 0.161. The van der Waals surface area contributed by atoms with E-state index in [-0.39, 0.29) is 6.03 Å². The fraction of sp³-hybridized carbons (Fsp3) is 0.750. The van der Waals surface area contributed by atoms with Crippen molar-refractivity contribution in [2.45, 2.75) is 32.6 Å². The van der Waals surface area contributed by atoms with Crippen molar-refractivity contribution in [1.29, 1.82) is 0 Å². The summed E-state index contributed by atoms with van der Waals surface area (Å²) in [4.78, 5) is 15.9. The molecular formula is C12H22N2O. The lowest BCUT2D eigenvalue weighted by Gasteiger charge is -2.28. The van der Waals surface area contributed by atoms with E-state index >= 15 is 0 Å². The van der Waals surface area contributed by atoms with Crippen molar-refractivity contribution in [3.63, 3.8) is 0 Å². The molecule has 3 nitrogen and oxygen atoms in total. The highest BCUT2D eigenvalue weighted by atomic mass is 16.2. The zero-order valence-electron chi connectivity index (χ0n) is 9.74. The number of rotatable bonds is 3. The van der Waals surface area contributed by atoms with Crippen LogP contribution in [-0.2, 0) is 0 Å². The van der Waals surface area contributed by atoms with E-state index in [1.165, 1.54) is 12.8 Å². The minimum atomic E-state index is 0.180. The van der Waals surface area contributed by atoms with Gasteiger partial charge in [-0.1, -0.05) is 18.9 Å². The summed E-state index contributed by atoms with van der Waals surface area (Å²) < 4.78 is 0. The third-order valence-electron chi connectivity index (χ3n) is 2.88. The topological polar surface area (TPSA) is 23.6 Å². The second-order valence-corrected chi connectivity index (χ2v) is 4.01. The number of likely N-dealkylation sites (tertiary alicyclic amines) is 1. The Kier molecular flexibility index (Phi) is 5.22. The van der Waals surface area contributed by atoms with Crippen molar-refractivity contribution in [1.82, 2.24) is 9.80 Å². The van der Waals surface area contributed by atoms with Gasteiger partial charge in [0.2, 0.25) is 0 Å². The summed E-state index contributed by atoms with van der Waals surface area (Å²) in [5.41, 5.74) is 0. The zero-order valence-corrected chi connectivity index (χ0v) is 9.74. The van der Waals surface area contributed by atoms with Crippen molar-refractivity contribution in [3.8, 4) is 0 Å². The van der Waals surface area contributed by atoms with E-state index < -0.39 is 0 Å². The third kappa shape index (κ3) is 3.57. The van der Waals surface area contributed by atoms with Gasteiger partial charge in [0.1, 0.15) is 0 Å². The van der Waals surface area contributed by atoms with Gasteiger partial charge in [-0.2, -0.15) is 0 Å². The highest BCUT2D eigenvalue weighted by molar-refractivity contribution is 5.74. The molecule has 1 aliphatic rings. The lowest BCUT2D eigenvalue weighted by Crippen LogP contribution is -2.43. The van der Waals surface area contributed by atoms with E-state index in [0.717, 1.165) is 32.5 Å². The van der Waals surface area contributed by atoms with Crippen molar-refractivity contribution in [2.24, 2.45) is 0 Å². The van der Waals surface area contributed by atoms with Crippen molar-refractivity contribution >= 4 is 6.03 Å². The molecule has 0 spiro atoms. The fourth-order valence-corrected chi connectivity index (χ4v) is 1.96. The maximum atomic E-state index is 12.1. The molecule has 0 N–H and O–H groups in total. The summed E-state index contributed by atoms with van der Waals surface area (Å²) in [6.45, 7) is 8.97. The van der Waals surface area contributed by atoms with E-state index in [1.807, 2.05) is 16.7 Å². The predicted molar refractivity (Wildman–Crippen MR) is 62.9 cm³/mol. The van der Waals surface area contributed by atoms with Crippen LogP contribution in [0.2, 0.25) is 0 Å². The summed E-state index contributed by atoms with van der Waals surface area (Å²) in [7, 11) is 0. The van der Waals surface area contributed by atoms with Gasteiger partial charge in [-0.3, -0.25) is 0 Å². The Morgan fingerprint density at radius 1 is 1.33 bits per heavy atom. The third-order valence-corrected chi connectivity index (χ3v) is 2.88. The molecule has 0 bridgehead atoms. The Morgan fingerprint density at radius 3 is 2.40 bits per heavy atom. The van der Waals surface area contributed by atoms with Crippen LogP contribution in [0.1, 0.15) is 32.6 Å². The van der Waals surface area contributed by atoms with Gasteiger partial charge < -0.3 is 9.80 Å². The Labute approximate surface area is 92.7 Å². The second kappa shape index (κ2) is 6.49. The molecule has 0 unspecified atom stereocenters. The molecule has 2 amide bonds. The number of carbonyl (C=O) groups excluding carboxylic acids is 1. The first kappa shape index (κ1) is 12.1. The number of carbonyl (C=O) groups is 1. The van der Waals surface area contributed by atoms with Crippen LogP contribution in [0.4, 0.5) is 4.79 Å². The molecule has 86 valence electrons. The summed E-state index contributed by atoms with van der Waals surface area (Å²) in [6, 6.07) is 0.180. The predicted octanol–water partition coefficient (Wildman–Crippen LogP) is 2.49. The van der Waals surface area contributed by atoms with Crippen LogP contribution in [0.5, 0.6) is 0 Å². The molecule has 0 saturated carbocycles. The van der Waals surface area contributed by atoms with Crippen LogP contribution in [0.3, 0.4) is 0 Å². The summed E-state index contributed by atoms with van der Waals surface area (Å²) in [5, 5.41) is 0. The molecule has 1 saturated heterocycles. The SMILES string of the molecule is C=CCN(CC)C(=O)N1CCCCCC1. The summed E-state index contributed by atoms with van der Waals surface area (Å²) >= 11 is 0. The molecule has 1 rings (SSSR count). The van der Waals surface area contributed by atoms with Crippen LogP contribution >= 0.6 is 0 Å². The van der Waals surface area contributed by atoms with Gasteiger partial charge in [-0.15, -0.1) is 6.58 Å². The number of likely N-dealkylation sites (N-methyl/N-ethyl adjacent to an activating group) is 1. The van der Waals surface area contributed by atoms with E-state index in [2.05, 4.69) is 6.58 Å². The lowest BCUT2D eigenvalue weighted by atomic mass is 10.2. The van der Waals surface area contributed by atoms with E-state index in [0.29, 0.717) is 6.54 Å². The first-order valence-electron chi connectivity index (χ1n) is 5.94. The molecule has 0 aromatic heterocycles.